The van der Waals surface area contributed by atoms with Gasteiger partial charge in [0.2, 0.25) is 0 Å². The third kappa shape index (κ3) is 2.67. The molecule has 5 nitrogen and oxygen atoms in total. The third-order valence-electron chi connectivity index (χ3n) is 4.40. The number of alkyl halides is 1. The van der Waals surface area contributed by atoms with Crippen LogP contribution in [0.4, 0.5) is 9.18 Å². The molecule has 1 heterocycles. The average molecular weight is 272 g/mol. The maximum atomic E-state index is 12.6. The fraction of sp³-hybridized carbons (Fsp3) is 0.846. The molecule has 1 saturated heterocycles. The van der Waals surface area contributed by atoms with E-state index in [-0.39, 0.29) is 31.5 Å². The molecule has 1 unspecified atom stereocenters. The van der Waals surface area contributed by atoms with Crippen LogP contribution in [0.2, 0.25) is 0 Å². The molecule has 2 aliphatic rings. The summed E-state index contributed by atoms with van der Waals surface area (Å²) in [6.45, 7) is 2.52. The van der Waals surface area contributed by atoms with Gasteiger partial charge in [0.1, 0.15) is 0 Å². The van der Waals surface area contributed by atoms with Crippen LogP contribution in [0.15, 0.2) is 0 Å². The van der Waals surface area contributed by atoms with Gasteiger partial charge in [-0.05, 0) is 32.1 Å². The second-order valence-electron chi connectivity index (χ2n) is 5.73. The number of fused-ring (bicyclic) bond motifs is 1. The summed E-state index contributed by atoms with van der Waals surface area (Å²) in [5.74, 6) is -0.724. The molecule has 2 amide bonds. The number of hydrogen-bond acceptors (Lipinski definition) is 2. The zero-order valence-electron chi connectivity index (χ0n) is 11.2. The van der Waals surface area contributed by atoms with E-state index in [9.17, 15) is 19.1 Å². The molecule has 0 radical (unpaired) electrons. The first-order valence-corrected chi connectivity index (χ1v) is 6.86. The van der Waals surface area contributed by atoms with Gasteiger partial charge in [-0.2, -0.15) is 0 Å². The molecule has 0 bridgehead atoms. The Bertz CT molecular complexity index is 375. The lowest BCUT2D eigenvalue weighted by atomic mass is 9.81. The van der Waals surface area contributed by atoms with E-state index in [1.165, 1.54) is 6.92 Å². The quantitative estimate of drug-likeness (QED) is 0.817. The molecule has 108 valence electrons. The summed E-state index contributed by atoms with van der Waals surface area (Å²) in [5, 5.41) is 12.1. The summed E-state index contributed by atoms with van der Waals surface area (Å²) in [4.78, 5) is 25.0. The number of carboxylic acids is 1. The van der Waals surface area contributed by atoms with Gasteiger partial charge in [-0.1, -0.05) is 6.42 Å². The van der Waals surface area contributed by atoms with E-state index >= 15 is 0 Å². The Hall–Kier alpha value is -1.33. The highest BCUT2D eigenvalue weighted by Gasteiger charge is 2.55. The number of hydrogen-bond donors (Lipinski definition) is 2. The first-order valence-electron chi connectivity index (χ1n) is 6.86. The minimum absolute atomic E-state index is 0.0656. The number of rotatable bonds is 4. The predicted octanol–water partition coefficient (Wildman–Crippen LogP) is 1.63. The van der Waals surface area contributed by atoms with Crippen molar-refractivity contribution in [1.29, 1.82) is 0 Å². The molecular weight excluding hydrogens is 251 g/mol. The molecule has 2 fully saturated rings. The van der Waals surface area contributed by atoms with E-state index in [2.05, 4.69) is 5.32 Å². The highest BCUT2D eigenvalue weighted by molar-refractivity contribution is 5.80. The highest BCUT2D eigenvalue weighted by atomic mass is 19.1. The van der Waals surface area contributed by atoms with Gasteiger partial charge in [0.15, 0.2) is 0 Å². The lowest BCUT2D eigenvalue weighted by Gasteiger charge is -2.23. The van der Waals surface area contributed by atoms with Crippen molar-refractivity contribution in [3.63, 3.8) is 0 Å². The number of nitrogens with one attached hydrogen (secondary N) is 1. The van der Waals surface area contributed by atoms with Crippen LogP contribution >= 0.6 is 0 Å². The number of carbonyl (C=O) groups is 2. The molecule has 2 N–H and O–H groups in total. The molecule has 0 spiro atoms. The van der Waals surface area contributed by atoms with E-state index in [1.54, 1.807) is 4.90 Å². The van der Waals surface area contributed by atoms with Crippen LogP contribution in [0.1, 0.15) is 32.6 Å². The third-order valence-corrected chi connectivity index (χ3v) is 4.40. The van der Waals surface area contributed by atoms with Crippen LogP contribution in [-0.2, 0) is 4.79 Å². The van der Waals surface area contributed by atoms with Crippen molar-refractivity contribution in [3.8, 4) is 0 Å². The van der Waals surface area contributed by atoms with Gasteiger partial charge >= 0.3 is 12.0 Å². The molecule has 0 aromatic rings. The van der Waals surface area contributed by atoms with E-state index in [0.29, 0.717) is 13.0 Å². The van der Waals surface area contributed by atoms with Crippen molar-refractivity contribution < 1.29 is 19.1 Å². The first-order chi connectivity index (χ1) is 8.95. The van der Waals surface area contributed by atoms with Gasteiger partial charge in [0.05, 0.1) is 11.6 Å². The van der Waals surface area contributed by atoms with Crippen molar-refractivity contribution in [2.24, 2.45) is 11.3 Å². The highest BCUT2D eigenvalue weighted by Crippen LogP contribution is 2.48. The molecule has 0 aromatic carbocycles. The summed E-state index contributed by atoms with van der Waals surface area (Å²) in [7, 11) is 0. The summed E-state index contributed by atoms with van der Waals surface area (Å²) in [6.07, 6.45) is 1.79. The largest absolute Gasteiger partial charge is 0.481 e. The van der Waals surface area contributed by atoms with Crippen LogP contribution in [0, 0.1) is 11.3 Å². The van der Waals surface area contributed by atoms with E-state index in [1.807, 2.05) is 0 Å². The SMILES string of the molecule is CC(F)CCNC(=O)N1C[C@@H]2CCC[C@@]2(C(=O)O)C1. The Kier molecular flexibility index (Phi) is 3.96. The minimum atomic E-state index is -0.941. The number of halogens is 1. The summed E-state index contributed by atoms with van der Waals surface area (Å²) < 4.78 is 12.6. The molecule has 1 aliphatic carbocycles. The zero-order valence-corrected chi connectivity index (χ0v) is 11.2. The van der Waals surface area contributed by atoms with Crippen LogP contribution in [0.5, 0.6) is 0 Å². The second kappa shape index (κ2) is 5.35. The molecule has 3 atom stereocenters. The molecule has 19 heavy (non-hydrogen) atoms. The Morgan fingerprint density at radius 1 is 1.58 bits per heavy atom. The second-order valence-corrected chi connectivity index (χ2v) is 5.73. The number of urea groups is 1. The number of carbonyl (C=O) groups excluding carboxylic acids is 1. The monoisotopic (exact) mass is 272 g/mol. The smallest absolute Gasteiger partial charge is 0.317 e. The topological polar surface area (TPSA) is 69.6 Å². The van der Waals surface area contributed by atoms with E-state index in [0.717, 1.165) is 12.8 Å². The number of nitrogens with zero attached hydrogens (tertiary/aromatic N) is 1. The van der Waals surface area contributed by atoms with Crippen LogP contribution in [-0.4, -0.2) is 47.8 Å². The van der Waals surface area contributed by atoms with Crippen LogP contribution in [0.3, 0.4) is 0 Å². The van der Waals surface area contributed by atoms with Gasteiger partial charge in [-0.15, -0.1) is 0 Å². The Balaban J connectivity index is 1.90. The lowest BCUT2D eigenvalue weighted by Crippen LogP contribution is -2.42. The molecule has 1 saturated carbocycles. The number of amides is 2. The zero-order chi connectivity index (χ0) is 14.0. The van der Waals surface area contributed by atoms with Gasteiger partial charge in [0.25, 0.3) is 0 Å². The van der Waals surface area contributed by atoms with Crippen molar-refractivity contribution in [3.05, 3.63) is 0 Å². The predicted molar refractivity (Wildman–Crippen MR) is 67.6 cm³/mol. The number of likely N-dealkylation sites (tertiary alicyclic amines) is 1. The summed E-state index contributed by atoms with van der Waals surface area (Å²) in [6, 6.07) is -0.268. The molecule has 0 aromatic heterocycles. The van der Waals surface area contributed by atoms with Crippen LogP contribution in [0.25, 0.3) is 0 Å². The van der Waals surface area contributed by atoms with Crippen LogP contribution < -0.4 is 5.32 Å². The molecule has 2 rings (SSSR count). The molecular formula is C13H21FN2O3. The van der Waals surface area contributed by atoms with Gasteiger partial charge in [-0.25, -0.2) is 9.18 Å². The Morgan fingerprint density at radius 2 is 2.32 bits per heavy atom. The number of carboxylic acid groups (broad SMARTS) is 1. The minimum Gasteiger partial charge on any atom is -0.481 e. The summed E-state index contributed by atoms with van der Waals surface area (Å²) >= 11 is 0. The summed E-state index contributed by atoms with van der Waals surface area (Å²) in [5.41, 5.74) is -0.745. The van der Waals surface area contributed by atoms with Crippen molar-refractivity contribution in [2.45, 2.75) is 38.8 Å². The van der Waals surface area contributed by atoms with Gasteiger partial charge in [-0.3, -0.25) is 4.79 Å². The van der Waals surface area contributed by atoms with Gasteiger partial charge in [0, 0.05) is 19.6 Å². The molecule has 1 aliphatic heterocycles. The first kappa shape index (κ1) is 14.1. The average Bonchev–Trinajstić information content (AvgIpc) is 2.84. The fourth-order valence-corrected chi connectivity index (χ4v) is 3.28. The Labute approximate surface area is 112 Å². The molecule has 6 heteroatoms. The number of aliphatic carboxylic acids is 1. The van der Waals surface area contributed by atoms with E-state index < -0.39 is 17.6 Å². The lowest BCUT2D eigenvalue weighted by molar-refractivity contribution is -0.149. The Morgan fingerprint density at radius 3 is 2.89 bits per heavy atom. The van der Waals surface area contributed by atoms with Gasteiger partial charge < -0.3 is 15.3 Å². The van der Waals surface area contributed by atoms with Crippen molar-refractivity contribution >= 4 is 12.0 Å². The van der Waals surface area contributed by atoms with Crippen molar-refractivity contribution in [1.82, 2.24) is 10.2 Å². The standard InChI is InChI=1S/C13H21FN2O3/c1-9(14)4-6-15-12(19)16-7-10-3-2-5-13(10,8-16)11(17)18/h9-10H,2-8H2,1H3,(H,15,19)(H,17,18)/t9?,10-,13+/m0/s1. The normalized spacial score (nSPS) is 31.1. The van der Waals surface area contributed by atoms with Crippen molar-refractivity contribution in [2.75, 3.05) is 19.6 Å². The maximum absolute atomic E-state index is 12.6. The maximum Gasteiger partial charge on any atom is 0.317 e. The fourth-order valence-electron chi connectivity index (χ4n) is 3.28. The van der Waals surface area contributed by atoms with E-state index in [4.69, 9.17) is 0 Å².